The van der Waals surface area contributed by atoms with Gasteiger partial charge in [0, 0.05) is 11.9 Å². The predicted molar refractivity (Wildman–Crippen MR) is 82.3 cm³/mol. The number of carbonyl (C=O) groups is 1. The second kappa shape index (κ2) is 7.31. The third-order valence-corrected chi connectivity index (χ3v) is 3.79. The van der Waals surface area contributed by atoms with Crippen molar-refractivity contribution in [3.8, 4) is 6.07 Å². The molecule has 124 valence electrons. The molecule has 0 spiro atoms. The quantitative estimate of drug-likeness (QED) is 0.853. The molecule has 0 saturated heterocycles. The van der Waals surface area contributed by atoms with E-state index in [0.29, 0.717) is 5.69 Å². The number of halogens is 3. The summed E-state index contributed by atoms with van der Waals surface area (Å²) in [4.78, 5) is 19.6. The number of alkyl halides is 3. The van der Waals surface area contributed by atoms with Crippen LogP contribution in [-0.4, -0.2) is 21.6 Å². The fourth-order valence-electron chi connectivity index (χ4n) is 1.85. The van der Waals surface area contributed by atoms with Gasteiger partial charge in [0.2, 0.25) is 5.91 Å². The van der Waals surface area contributed by atoms with Gasteiger partial charge in [-0.05, 0) is 25.1 Å². The summed E-state index contributed by atoms with van der Waals surface area (Å²) in [6, 6.07) is 5.61. The first kappa shape index (κ1) is 17.7. The number of aryl methyl sites for hydroxylation is 1. The minimum Gasteiger partial charge on any atom is -0.324 e. The number of aromatic nitrogens is 2. The Morgan fingerprint density at radius 1 is 1.46 bits per heavy atom. The van der Waals surface area contributed by atoms with Gasteiger partial charge >= 0.3 is 6.18 Å². The normalized spacial score (nSPS) is 11.0. The van der Waals surface area contributed by atoms with E-state index in [1.165, 1.54) is 19.2 Å². The van der Waals surface area contributed by atoms with Crippen LogP contribution in [0.1, 0.15) is 16.8 Å². The van der Waals surface area contributed by atoms with Gasteiger partial charge in [0.05, 0.1) is 28.8 Å². The summed E-state index contributed by atoms with van der Waals surface area (Å²) in [6.07, 6.45) is -1.68. The molecular formula is C15H11F3N4OS. The largest absolute Gasteiger partial charge is 0.417 e. The number of thioether (sulfide) groups is 1. The summed E-state index contributed by atoms with van der Waals surface area (Å²) in [5, 5.41) is 11.5. The minimum absolute atomic E-state index is 0.119. The number of nitriles is 1. The number of nitrogens with one attached hydrogen (secondary N) is 1. The number of pyridine rings is 2. The van der Waals surface area contributed by atoms with Crippen molar-refractivity contribution in [2.75, 3.05) is 11.1 Å². The van der Waals surface area contributed by atoms with E-state index in [1.807, 2.05) is 0 Å². The molecule has 2 aromatic rings. The van der Waals surface area contributed by atoms with Crippen LogP contribution in [0.2, 0.25) is 0 Å². The highest BCUT2D eigenvalue weighted by atomic mass is 32.2. The number of hydrogen-bond acceptors (Lipinski definition) is 5. The summed E-state index contributed by atoms with van der Waals surface area (Å²) in [5.74, 6) is -0.620. The Morgan fingerprint density at radius 3 is 2.79 bits per heavy atom. The van der Waals surface area contributed by atoms with Gasteiger partial charge in [-0.3, -0.25) is 9.78 Å². The topological polar surface area (TPSA) is 78.7 Å². The molecule has 2 rings (SSSR count). The lowest BCUT2D eigenvalue weighted by Gasteiger charge is -2.12. The fraction of sp³-hybridized carbons (Fsp3) is 0.200. The van der Waals surface area contributed by atoms with Crippen molar-refractivity contribution in [2.24, 2.45) is 0 Å². The average Bonchev–Trinajstić information content (AvgIpc) is 2.52. The maximum atomic E-state index is 13.0. The van der Waals surface area contributed by atoms with E-state index < -0.39 is 23.2 Å². The SMILES string of the molecule is Cc1cc(C(F)(F)F)c(C#N)c(SCC(=O)Nc2cccnc2)n1. The van der Waals surface area contributed by atoms with Crippen molar-refractivity contribution in [3.63, 3.8) is 0 Å². The molecule has 2 heterocycles. The van der Waals surface area contributed by atoms with Crippen LogP contribution in [-0.2, 0) is 11.0 Å². The average molecular weight is 352 g/mol. The molecule has 0 atom stereocenters. The Balaban J connectivity index is 2.17. The third kappa shape index (κ3) is 4.45. The zero-order valence-corrected chi connectivity index (χ0v) is 13.2. The predicted octanol–water partition coefficient (Wildman–Crippen LogP) is 3.41. The molecule has 9 heteroatoms. The van der Waals surface area contributed by atoms with Gasteiger partial charge in [-0.2, -0.15) is 18.4 Å². The molecular weight excluding hydrogens is 341 g/mol. The summed E-state index contributed by atoms with van der Waals surface area (Å²) in [5.41, 5.74) is -1.03. The molecule has 0 aliphatic carbocycles. The molecule has 0 aliphatic rings. The summed E-state index contributed by atoms with van der Waals surface area (Å²) >= 11 is 0.777. The van der Waals surface area contributed by atoms with E-state index in [2.05, 4.69) is 15.3 Å². The summed E-state index contributed by atoms with van der Waals surface area (Å²) in [6.45, 7) is 1.40. The Hall–Kier alpha value is -2.60. The number of amides is 1. The lowest BCUT2D eigenvalue weighted by atomic mass is 10.1. The van der Waals surface area contributed by atoms with Crippen LogP contribution >= 0.6 is 11.8 Å². The fourth-order valence-corrected chi connectivity index (χ4v) is 2.70. The van der Waals surface area contributed by atoms with Crippen LogP contribution in [0.15, 0.2) is 35.6 Å². The van der Waals surface area contributed by atoms with Crippen molar-refractivity contribution >= 4 is 23.4 Å². The highest BCUT2D eigenvalue weighted by molar-refractivity contribution is 8.00. The second-order valence-electron chi connectivity index (χ2n) is 4.68. The molecule has 0 saturated carbocycles. The zero-order chi connectivity index (χ0) is 17.7. The highest BCUT2D eigenvalue weighted by Gasteiger charge is 2.35. The van der Waals surface area contributed by atoms with Crippen molar-refractivity contribution in [1.82, 2.24) is 9.97 Å². The molecule has 0 radical (unpaired) electrons. The van der Waals surface area contributed by atoms with Gasteiger partial charge in [0.25, 0.3) is 0 Å². The van der Waals surface area contributed by atoms with Gasteiger partial charge in [0.1, 0.15) is 11.1 Å². The monoisotopic (exact) mass is 352 g/mol. The molecule has 1 amide bonds. The smallest absolute Gasteiger partial charge is 0.324 e. The Morgan fingerprint density at radius 2 is 2.21 bits per heavy atom. The van der Waals surface area contributed by atoms with Gasteiger partial charge in [0.15, 0.2) is 0 Å². The van der Waals surface area contributed by atoms with Crippen LogP contribution < -0.4 is 5.32 Å². The van der Waals surface area contributed by atoms with Crippen molar-refractivity contribution in [3.05, 3.63) is 47.4 Å². The minimum atomic E-state index is -4.66. The molecule has 2 aromatic heterocycles. The molecule has 0 aliphatic heterocycles. The highest BCUT2D eigenvalue weighted by Crippen LogP contribution is 2.35. The molecule has 5 nitrogen and oxygen atoms in total. The van der Waals surface area contributed by atoms with Crippen LogP contribution in [0.3, 0.4) is 0 Å². The van der Waals surface area contributed by atoms with Crippen LogP contribution in [0.5, 0.6) is 0 Å². The number of rotatable bonds is 4. The van der Waals surface area contributed by atoms with Crippen molar-refractivity contribution in [2.45, 2.75) is 18.1 Å². The Kier molecular flexibility index (Phi) is 5.41. The van der Waals surface area contributed by atoms with Crippen LogP contribution in [0.25, 0.3) is 0 Å². The Labute approximate surface area is 139 Å². The van der Waals surface area contributed by atoms with Crippen molar-refractivity contribution in [1.29, 1.82) is 5.26 Å². The van der Waals surface area contributed by atoms with E-state index in [0.717, 1.165) is 17.8 Å². The van der Waals surface area contributed by atoms with E-state index in [-0.39, 0.29) is 16.5 Å². The van der Waals surface area contributed by atoms with E-state index in [4.69, 9.17) is 5.26 Å². The maximum absolute atomic E-state index is 13.0. The molecule has 1 N–H and O–H groups in total. The zero-order valence-electron chi connectivity index (χ0n) is 12.4. The van der Waals surface area contributed by atoms with E-state index >= 15 is 0 Å². The second-order valence-corrected chi connectivity index (χ2v) is 5.64. The molecule has 0 unspecified atom stereocenters. The van der Waals surface area contributed by atoms with Gasteiger partial charge < -0.3 is 5.32 Å². The molecule has 0 bridgehead atoms. The first-order valence-corrected chi connectivity index (χ1v) is 7.61. The lowest BCUT2D eigenvalue weighted by Crippen LogP contribution is -2.15. The maximum Gasteiger partial charge on any atom is 0.417 e. The first-order chi connectivity index (χ1) is 11.3. The van der Waals surface area contributed by atoms with Gasteiger partial charge in [-0.25, -0.2) is 4.98 Å². The molecule has 0 aromatic carbocycles. The number of nitrogens with zero attached hydrogens (tertiary/aromatic N) is 3. The Bertz CT molecular complexity index is 788. The van der Waals surface area contributed by atoms with Gasteiger partial charge in [-0.15, -0.1) is 0 Å². The van der Waals surface area contributed by atoms with E-state index in [9.17, 15) is 18.0 Å². The van der Waals surface area contributed by atoms with Crippen LogP contribution in [0.4, 0.5) is 18.9 Å². The van der Waals surface area contributed by atoms with E-state index in [1.54, 1.807) is 18.3 Å². The number of carbonyl (C=O) groups excluding carboxylic acids is 1. The number of anilines is 1. The lowest BCUT2D eigenvalue weighted by molar-refractivity contribution is -0.138. The summed E-state index contributed by atoms with van der Waals surface area (Å²) < 4.78 is 39.0. The van der Waals surface area contributed by atoms with Crippen molar-refractivity contribution < 1.29 is 18.0 Å². The summed E-state index contributed by atoms with van der Waals surface area (Å²) in [7, 11) is 0. The number of hydrogen-bond donors (Lipinski definition) is 1. The standard InChI is InChI=1S/C15H11F3N4OS/c1-9-5-12(15(16,17)18)11(6-19)14(21-9)24-8-13(23)22-10-3-2-4-20-7-10/h2-5,7H,8H2,1H3,(H,22,23). The van der Waals surface area contributed by atoms with Gasteiger partial charge in [-0.1, -0.05) is 11.8 Å². The first-order valence-electron chi connectivity index (χ1n) is 6.63. The molecule has 24 heavy (non-hydrogen) atoms. The third-order valence-electron chi connectivity index (χ3n) is 2.82. The van der Waals surface area contributed by atoms with Crippen LogP contribution in [0, 0.1) is 18.3 Å². The molecule has 0 fully saturated rings.